The van der Waals surface area contributed by atoms with Crippen LogP contribution in [0.25, 0.3) is 0 Å². The number of hydrogen-bond donors (Lipinski definition) is 0. The molecular formula is C15H26O. The number of carbonyl (C=O) groups excluding carboxylic acids is 1. The Morgan fingerprint density at radius 3 is 2.81 bits per heavy atom. The summed E-state index contributed by atoms with van der Waals surface area (Å²) in [6.45, 7) is 4.04. The first kappa shape index (κ1) is 13.5. The van der Waals surface area contributed by atoms with Crippen LogP contribution in [0.1, 0.15) is 71.6 Å². The molecule has 1 rings (SSSR count). The van der Waals surface area contributed by atoms with E-state index in [2.05, 4.69) is 13.0 Å². The van der Waals surface area contributed by atoms with Crippen LogP contribution >= 0.6 is 0 Å². The molecule has 0 bridgehead atoms. The highest BCUT2D eigenvalue weighted by molar-refractivity contribution is 5.75. The van der Waals surface area contributed by atoms with Crippen LogP contribution in [0.4, 0.5) is 0 Å². The van der Waals surface area contributed by atoms with Crippen LogP contribution in [0, 0.1) is 5.92 Å². The SMILES string of the molecule is CC(=O)CCCCC(C)CC1=CCCCC1. The van der Waals surface area contributed by atoms with Crippen molar-refractivity contribution in [3.8, 4) is 0 Å². The summed E-state index contributed by atoms with van der Waals surface area (Å²) < 4.78 is 0. The van der Waals surface area contributed by atoms with Crippen molar-refractivity contribution in [1.29, 1.82) is 0 Å². The van der Waals surface area contributed by atoms with Crippen molar-refractivity contribution in [2.45, 2.75) is 71.6 Å². The van der Waals surface area contributed by atoms with E-state index in [1.54, 1.807) is 12.5 Å². The molecule has 1 unspecified atom stereocenters. The molecule has 1 aliphatic rings. The summed E-state index contributed by atoms with van der Waals surface area (Å²) in [6.07, 6.45) is 13.5. The fourth-order valence-electron chi connectivity index (χ4n) is 2.51. The second-order valence-corrected chi connectivity index (χ2v) is 5.37. The predicted molar refractivity (Wildman–Crippen MR) is 69.5 cm³/mol. The summed E-state index contributed by atoms with van der Waals surface area (Å²) in [6, 6.07) is 0. The third kappa shape index (κ3) is 6.09. The van der Waals surface area contributed by atoms with Gasteiger partial charge in [-0.15, -0.1) is 0 Å². The Morgan fingerprint density at radius 1 is 1.38 bits per heavy atom. The number of carbonyl (C=O) groups is 1. The van der Waals surface area contributed by atoms with E-state index in [0.717, 1.165) is 18.8 Å². The highest BCUT2D eigenvalue weighted by Crippen LogP contribution is 2.25. The summed E-state index contributed by atoms with van der Waals surface area (Å²) in [7, 11) is 0. The molecule has 0 aromatic heterocycles. The molecule has 1 atom stereocenters. The highest BCUT2D eigenvalue weighted by atomic mass is 16.1. The molecule has 0 heterocycles. The van der Waals surface area contributed by atoms with E-state index in [9.17, 15) is 4.79 Å². The zero-order valence-electron chi connectivity index (χ0n) is 10.9. The summed E-state index contributed by atoms with van der Waals surface area (Å²) >= 11 is 0. The van der Waals surface area contributed by atoms with Crippen molar-refractivity contribution in [3.63, 3.8) is 0 Å². The smallest absolute Gasteiger partial charge is 0.129 e. The molecule has 92 valence electrons. The standard InChI is InChI=1S/C15H26O/c1-13(8-6-7-9-14(2)16)12-15-10-4-3-5-11-15/h10,13H,3-9,11-12H2,1-2H3. The average Bonchev–Trinajstić information content (AvgIpc) is 2.25. The van der Waals surface area contributed by atoms with Gasteiger partial charge >= 0.3 is 0 Å². The summed E-state index contributed by atoms with van der Waals surface area (Å²) in [4.78, 5) is 10.8. The second-order valence-electron chi connectivity index (χ2n) is 5.37. The largest absolute Gasteiger partial charge is 0.300 e. The fourth-order valence-corrected chi connectivity index (χ4v) is 2.51. The third-order valence-corrected chi connectivity index (χ3v) is 3.47. The average molecular weight is 222 g/mol. The second kappa shape index (κ2) is 7.65. The molecule has 0 fully saturated rings. The van der Waals surface area contributed by atoms with E-state index in [-0.39, 0.29) is 0 Å². The van der Waals surface area contributed by atoms with Gasteiger partial charge in [0.25, 0.3) is 0 Å². The van der Waals surface area contributed by atoms with Crippen LogP contribution in [0.2, 0.25) is 0 Å². The molecule has 0 saturated carbocycles. The molecule has 0 N–H and O–H groups in total. The number of unbranched alkanes of at least 4 members (excludes halogenated alkanes) is 1. The first-order valence-corrected chi connectivity index (χ1v) is 6.86. The minimum atomic E-state index is 0.336. The third-order valence-electron chi connectivity index (χ3n) is 3.47. The van der Waals surface area contributed by atoms with Gasteiger partial charge in [0, 0.05) is 6.42 Å². The molecule has 1 nitrogen and oxygen atoms in total. The van der Waals surface area contributed by atoms with Crippen molar-refractivity contribution in [3.05, 3.63) is 11.6 Å². The van der Waals surface area contributed by atoms with Gasteiger partial charge in [-0.05, 0) is 51.4 Å². The lowest BCUT2D eigenvalue weighted by Gasteiger charge is -2.17. The van der Waals surface area contributed by atoms with Crippen LogP contribution in [0.3, 0.4) is 0 Å². The van der Waals surface area contributed by atoms with Crippen LogP contribution in [-0.4, -0.2) is 5.78 Å². The lowest BCUT2D eigenvalue weighted by atomic mass is 9.89. The molecule has 0 amide bonds. The number of Topliss-reactive ketones (excluding diaryl/α,β-unsaturated/α-hetero) is 1. The fraction of sp³-hybridized carbons (Fsp3) is 0.800. The van der Waals surface area contributed by atoms with Gasteiger partial charge in [-0.1, -0.05) is 31.4 Å². The molecule has 0 aromatic rings. The number of allylic oxidation sites excluding steroid dienone is 2. The molecule has 0 spiro atoms. The van der Waals surface area contributed by atoms with Crippen LogP contribution in [0.15, 0.2) is 11.6 Å². The number of rotatable bonds is 7. The van der Waals surface area contributed by atoms with E-state index >= 15 is 0 Å². The summed E-state index contributed by atoms with van der Waals surface area (Å²) in [5.74, 6) is 1.14. The Labute approximate surface area is 100 Å². The molecule has 0 aromatic carbocycles. The van der Waals surface area contributed by atoms with Crippen molar-refractivity contribution in [2.75, 3.05) is 0 Å². The molecule has 0 aliphatic heterocycles. The Bertz CT molecular complexity index is 240. The van der Waals surface area contributed by atoms with Gasteiger partial charge in [-0.2, -0.15) is 0 Å². The Morgan fingerprint density at radius 2 is 2.19 bits per heavy atom. The van der Waals surface area contributed by atoms with Gasteiger partial charge in [-0.25, -0.2) is 0 Å². The number of hydrogen-bond acceptors (Lipinski definition) is 1. The van der Waals surface area contributed by atoms with Crippen LogP contribution < -0.4 is 0 Å². The van der Waals surface area contributed by atoms with Gasteiger partial charge in [0.15, 0.2) is 0 Å². The molecule has 0 saturated heterocycles. The highest BCUT2D eigenvalue weighted by Gasteiger charge is 2.08. The Kier molecular flexibility index (Phi) is 6.44. The normalized spacial score (nSPS) is 18.0. The minimum absolute atomic E-state index is 0.336. The maximum atomic E-state index is 10.8. The summed E-state index contributed by atoms with van der Waals surface area (Å²) in [5.41, 5.74) is 1.69. The maximum absolute atomic E-state index is 10.8. The maximum Gasteiger partial charge on any atom is 0.129 e. The molecular weight excluding hydrogens is 196 g/mol. The van der Waals surface area contributed by atoms with Gasteiger partial charge in [0.05, 0.1) is 0 Å². The van der Waals surface area contributed by atoms with E-state index in [0.29, 0.717) is 5.78 Å². The quantitative estimate of drug-likeness (QED) is 0.452. The number of ketones is 1. The molecule has 1 heteroatoms. The predicted octanol–water partition coefficient (Wildman–Crippen LogP) is 4.66. The van der Waals surface area contributed by atoms with E-state index < -0.39 is 0 Å². The minimum Gasteiger partial charge on any atom is -0.300 e. The Hall–Kier alpha value is -0.590. The lowest BCUT2D eigenvalue weighted by molar-refractivity contribution is -0.117. The topological polar surface area (TPSA) is 17.1 Å². The molecule has 16 heavy (non-hydrogen) atoms. The zero-order chi connectivity index (χ0) is 11.8. The van der Waals surface area contributed by atoms with Gasteiger partial charge in [0.1, 0.15) is 5.78 Å². The molecule has 0 radical (unpaired) electrons. The van der Waals surface area contributed by atoms with Crippen LogP contribution in [0.5, 0.6) is 0 Å². The van der Waals surface area contributed by atoms with Gasteiger partial charge in [0.2, 0.25) is 0 Å². The van der Waals surface area contributed by atoms with Crippen molar-refractivity contribution in [2.24, 2.45) is 5.92 Å². The first-order valence-electron chi connectivity index (χ1n) is 6.86. The van der Waals surface area contributed by atoms with Gasteiger partial charge < -0.3 is 4.79 Å². The lowest BCUT2D eigenvalue weighted by Crippen LogP contribution is -2.01. The molecule has 1 aliphatic carbocycles. The van der Waals surface area contributed by atoms with E-state index in [1.165, 1.54) is 44.9 Å². The first-order chi connectivity index (χ1) is 7.68. The van der Waals surface area contributed by atoms with Gasteiger partial charge in [-0.3, -0.25) is 0 Å². The van der Waals surface area contributed by atoms with Crippen molar-refractivity contribution in [1.82, 2.24) is 0 Å². The van der Waals surface area contributed by atoms with E-state index in [1.807, 2.05) is 0 Å². The van der Waals surface area contributed by atoms with Crippen LogP contribution in [-0.2, 0) is 4.79 Å². The van der Waals surface area contributed by atoms with E-state index in [4.69, 9.17) is 0 Å². The summed E-state index contributed by atoms with van der Waals surface area (Å²) in [5, 5.41) is 0. The Balaban J connectivity index is 2.08. The van der Waals surface area contributed by atoms with Crippen molar-refractivity contribution < 1.29 is 4.79 Å². The zero-order valence-corrected chi connectivity index (χ0v) is 10.9. The van der Waals surface area contributed by atoms with Crippen molar-refractivity contribution >= 4 is 5.78 Å². The monoisotopic (exact) mass is 222 g/mol.